The second-order valence-electron chi connectivity index (χ2n) is 7.97. The van der Waals surface area contributed by atoms with Gasteiger partial charge in [-0.15, -0.1) is 0 Å². The van der Waals surface area contributed by atoms with Crippen LogP contribution in [-0.2, 0) is 19.6 Å². The molecule has 9 heteroatoms. The van der Waals surface area contributed by atoms with E-state index in [0.29, 0.717) is 6.61 Å². The standard InChI is InChI=1S/C24H38O7S.K/c1-2-3-4-5-6-7-8-9-10-13-18-30-23(25)21-16-11-12-17-22(21)24(26)31-19-14-15-20-32(27,28)29;/h11-12,16-17H,2-10,13-15,18-20H2,1H3,(H,27,28,29);/q;+1/p-1. The van der Waals surface area contributed by atoms with E-state index in [-0.39, 0.29) is 82.0 Å². The van der Waals surface area contributed by atoms with Gasteiger partial charge in [-0.3, -0.25) is 0 Å². The fourth-order valence-electron chi connectivity index (χ4n) is 3.29. The Morgan fingerprint density at radius 2 is 1.12 bits per heavy atom. The molecule has 7 nitrogen and oxygen atoms in total. The van der Waals surface area contributed by atoms with Crippen LogP contribution in [0.1, 0.15) is 105 Å². The minimum absolute atomic E-state index is 0. The first-order valence-corrected chi connectivity index (χ1v) is 13.3. The van der Waals surface area contributed by atoms with Gasteiger partial charge in [-0.05, 0) is 31.4 Å². The molecule has 0 aromatic heterocycles. The van der Waals surface area contributed by atoms with Gasteiger partial charge in [-0.1, -0.05) is 76.8 Å². The van der Waals surface area contributed by atoms with Crippen molar-refractivity contribution < 1.29 is 83.4 Å². The molecule has 1 aromatic rings. The molecule has 0 aliphatic rings. The first-order valence-electron chi connectivity index (χ1n) is 11.7. The van der Waals surface area contributed by atoms with Crippen LogP contribution in [0.4, 0.5) is 0 Å². The van der Waals surface area contributed by atoms with E-state index in [9.17, 15) is 22.6 Å². The van der Waals surface area contributed by atoms with Gasteiger partial charge in [0.1, 0.15) is 0 Å². The van der Waals surface area contributed by atoms with Crippen LogP contribution >= 0.6 is 0 Å². The molecule has 0 saturated carbocycles. The summed E-state index contributed by atoms with van der Waals surface area (Å²) in [6.07, 6.45) is 12.3. The van der Waals surface area contributed by atoms with Crippen molar-refractivity contribution in [3.8, 4) is 0 Å². The van der Waals surface area contributed by atoms with E-state index in [1.807, 2.05) is 0 Å². The predicted molar refractivity (Wildman–Crippen MR) is 123 cm³/mol. The zero-order valence-electron chi connectivity index (χ0n) is 20.2. The SMILES string of the molecule is CCCCCCCCCCCCOC(=O)c1ccccc1C(=O)OCCCCS(=O)(=O)[O-].[K+]. The average Bonchev–Trinajstić information content (AvgIpc) is 2.76. The van der Waals surface area contributed by atoms with Crippen LogP contribution in [0.2, 0.25) is 0 Å². The monoisotopic (exact) mass is 508 g/mol. The fourth-order valence-corrected chi connectivity index (χ4v) is 3.85. The Morgan fingerprint density at radius 3 is 1.55 bits per heavy atom. The van der Waals surface area contributed by atoms with Crippen LogP contribution in [0.5, 0.6) is 0 Å². The van der Waals surface area contributed by atoms with Gasteiger partial charge in [0.05, 0.1) is 34.5 Å². The normalized spacial score (nSPS) is 11.0. The maximum absolute atomic E-state index is 12.4. The van der Waals surface area contributed by atoms with E-state index in [2.05, 4.69) is 6.92 Å². The van der Waals surface area contributed by atoms with Gasteiger partial charge in [-0.25, -0.2) is 18.0 Å². The second kappa shape index (κ2) is 20.0. The van der Waals surface area contributed by atoms with Crippen LogP contribution < -0.4 is 51.4 Å². The molecule has 0 unspecified atom stereocenters. The molecular formula is C24H37KO7S. The molecule has 0 fully saturated rings. The number of rotatable bonds is 18. The first-order chi connectivity index (χ1) is 15.3. The van der Waals surface area contributed by atoms with E-state index < -0.39 is 27.8 Å². The van der Waals surface area contributed by atoms with Crippen molar-refractivity contribution in [2.45, 2.75) is 84.0 Å². The molecule has 1 rings (SSSR count). The van der Waals surface area contributed by atoms with Gasteiger partial charge in [0.25, 0.3) is 0 Å². The van der Waals surface area contributed by atoms with Crippen LogP contribution in [0.25, 0.3) is 0 Å². The van der Waals surface area contributed by atoms with Crippen molar-refractivity contribution in [1.29, 1.82) is 0 Å². The minimum Gasteiger partial charge on any atom is -0.748 e. The van der Waals surface area contributed by atoms with Gasteiger partial charge in [0.15, 0.2) is 0 Å². The van der Waals surface area contributed by atoms with Crippen molar-refractivity contribution in [2.24, 2.45) is 0 Å². The summed E-state index contributed by atoms with van der Waals surface area (Å²) in [5.74, 6) is -1.74. The van der Waals surface area contributed by atoms with Crippen molar-refractivity contribution in [3.05, 3.63) is 35.4 Å². The predicted octanol–water partition coefficient (Wildman–Crippen LogP) is 2.25. The van der Waals surface area contributed by atoms with Gasteiger partial charge in [0.2, 0.25) is 0 Å². The van der Waals surface area contributed by atoms with E-state index in [4.69, 9.17) is 9.47 Å². The summed E-state index contributed by atoms with van der Waals surface area (Å²) in [7, 11) is -4.27. The third-order valence-electron chi connectivity index (χ3n) is 5.12. The number of ether oxygens (including phenoxy) is 2. The van der Waals surface area contributed by atoms with Crippen molar-refractivity contribution in [3.63, 3.8) is 0 Å². The molecule has 0 aliphatic heterocycles. The molecule has 0 amide bonds. The maximum atomic E-state index is 12.4. The molecule has 0 heterocycles. The number of unbranched alkanes of at least 4 members (excludes halogenated alkanes) is 10. The Bertz CT molecular complexity index is 781. The molecule has 182 valence electrons. The molecule has 0 bridgehead atoms. The van der Waals surface area contributed by atoms with E-state index in [1.165, 1.54) is 57.1 Å². The van der Waals surface area contributed by atoms with Crippen LogP contribution in [-0.4, -0.2) is 43.9 Å². The van der Waals surface area contributed by atoms with Gasteiger partial charge < -0.3 is 14.0 Å². The van der Waals surface area contributed by atoms with E-state index in [0.717, 1.165) is 19.3 Å². The Morgan fingerprint density at radius 1 is 0.727 bits per heavy atom. The van der Waals surface area contributed by atoms with Gasteiger partial charge in [0, 0.05) is 5.75 Å². The van der Waals surface area contributed by atoms with Crippen molar-refractivity contribution in [2.75, 3.05) is 19.0 Å². The van der Waals surface area contributed by atoms with Crippen molar-refractivity contribution in [1.82, 2.24) is 0 Å². The zero-order chi connectivity index (χ0) is 23.7. The smallest absolute Gasteiger partial charge is 0.748 e. The Hall–Kier alpha value is -0.294. The largest absolute Gasteiger partial charge is 1.00 e. The number of carbonyl (C=O) groups is 2. The first kappa shape index (κ1) is 32.7. The third-order valence-corrected chi connectivity index (χ3v) is 5.91. The van der Waals surface area contributed by atoms with Gasteiger partial charge in [-0.2, -0.15) is 0 Å². The summed E-state index contributed by atoms with van der Waals surface area (Å²) >= 11 is 0. The summed E-state index contributed by atoms with van der Waals surface area (Å²) in [5, 5.41) is 0. The Balaban J connectivity index is 0.0000102. The summed E-state index contributed by atoms with van der Waals surface area (Å²) in [6.45, 7) is 2.49. The summed E-state index contributed by atoms with van der Waals surface area (Å²) in [6, 6.07) is 6.27. The third kappa shape index (κ3) is 16.9. The van der Waals surface area contributed by atoms with Crippen LogP contribution in [0, 0.1) is 0 Å². The molecule has 0 aliphatic carbocycles. The molecular weight excluding hydrogens is 471 g/mol. The van der Waals surface area contributed by atoms with Crippen molar-refractivity contribution >= 4 is 22.1 Å². The quantitative estimate of drug-likeness (QED) is 0.129. The number of esters is 2. The number of carbonyl (C=O) groups excluding carboxylic acids is 2. The fraction of sp³-hybridized carbons (Fsp3) is 0.667. The number of benzene rings is 1. The molecule has 0 saturated heterocycles. The number of hydrogen-bond acceptors (Lipinski definition) is 7. The maximum Gasteiger partial charge on any atom is 1.00 e. The molecule has 1 aromatic carbocycles. The summed E-state index contributed by atoms with van der Waals surface area (Å²) < 4.78 is 42.1. The Labute approximate surface area is 241 Å². The molecule has 0 atom stereocenters. The summed E-state index contributed by atoms with van der Waals surface area (Å²) in [4.78, 5) is 24.7. The Kier molecular flexibility index (Phi) is 19.8. The van der Waals surface area contributed by atoms with Gasteiger partial charge >= 0.3 is 63.3 Å². The zero-order valence-corrected chi connectivity index (χ0v) is 24.1. The second-order valence-corrected chi connectivity index (χ2v) is 9.49. The molecule has 0 N–H and O–H groups in total. The molecule has 0 radical (unpaired) electrons. The topological polar surface area (TPSA) is 110 Å². The van der Waals surface area contributed by atoms with E-state index in [1.54, 1.807) is 12.1 Å². The van der Waals surface area contributed by atoms with E-state index >= 15 is 0 Å². The average molecular weight is 509 g/mol. The van der Waals surface area contributed by atoms with Crippen LogP contribution in [0.3, 0.4) is 0 Å². The molecule has 33 heavy (non-hydrogen) atoms. The minimum atomic E-state index is -4.27. The van der Waals surface area contributed by atoms with Crippen LogP contribution in [0.15, 0.2) is 24.3 Å². The molecule has 0 spiro atoms. The number of hydrogen-bond donors (Lipinski definition) is 0. The summed E-state index contributed by atoms with van der Waals surface area (Å²) in [5.41, 5.74) is 0.253.